The molecule has 0 aromatic carbocycles. The van der Waals surface area contributed by atoms with Crippen LogP contribution in [0.15, 0.2) is 0 Å². The van der Waals surface area contributed by atoms with Gasteiger partial charge >= 0.3 is 5.97 Å². The quantitative estimate of drug-likeness (QED) is 0.706. The molecule has 1 atom stereocenters. The number of likely N-dealkylation sites (tertiary alicyclic amines) is 1. The van der Waals surface area contributed by atoms with Crippen molar-refractivity contribution in [3.05, 3.63) is 0 Å². The van der Waals surface area contributed by atoms with Crippen LogP contribution in [-0.4, -0.2) is 72.2 Å². The van der Waals surface area contributed by atoms with Crippen molar-refractivity contribution < 1.29 is 9.90 Å². The molecule has 1 aliphatic heterocycles. The number of likely N-dealkylation sites (N-methyl/N-ethyl adjacent to an activating group) is 2. The van der Waals surface area contributed by atoms with Gasteiger partial charge in [-0.1, -0.05) is 13.8 Å². The number of aliphatic carboxylic acids is 1. The van der Waals surface area contributed by atoms with Gasteiger partial charge in [0.25, 0.3) is 0 Å². The van der Waals surface area contributed by atoms with Crippen LogP contribution in [-0.2, 0) is 4.79 Å². The Morgan fingerprint density at radius 2 is 1.90 bits per heavy atom. The zero-order valence-electron chi connectivity index (χ0n) is 13.8. The highest BCUT2D eigenvalue weighted by atomic mass is 16.4. The molecule has 0 bridgehead atoms. The van der Waals surface area contributed by atoms with Crippen LogP contribution in [0.3, 0.4) is 0 Å². The van der Waals surface area contributed by atoms with E-state index in [2.05, 4.69) is 29.1 Å². The largest absolute Gasteiger partial charge is 0.480 e. The van der Waals surface area contributed by atoms with E-state index >= 15 is 0 Å². The summed E-state index contributed by atoms with van der Waals surface area (Å²) in [6.45, 7) is 8.93. The molecule has 2 fully saturated rings. The summed E-state index contributed by atoms with van der Waals surface area (Å²) in [4.78, 5) is 16.7. The number of nitrogens with one attached hydrogen (secondary N) is 1. The Morgan fingerprint density at radius 3 is 2.33 bits per heavy atom. The van der Waals surface area contributed by atoms with Crippen LogP contribution in [0, 0.1) is 5.92 Å². The van der Waals surface area contributed by atoms with Gasteiger partial charge in [0.2, 0.25) is 0 Å². The molecule has 1 unspecified atom stereocenters. The maximum atomic E-state index is 11.9. The van der Waals surface area contributed by atoms with Crippen LogP contribution in [0.5, 0.6) is 0 Å². The van der Waals surface area contributed by atoms with E-state index in [1.807, 2.05) is 6.92 Å². The van der Waals surface area contributed by atoms with Gasteiger partial charge in [0.1, 0.15) is 5.54 Å². The third-order valence-corrected chi connectivity index (χ3v) is 5.27. The normalized spacial score (nSPS) is 24.2. The molecule has 2 aliphatic rings. The first kappa shape index (κ1) is 16.7. The fourth-order valence-corrected chi connectivity index (χ4v) is 3.74. The number of carboxylic acid groups (broad SMARTS) is 1. The smallest absolute Gasteiger partial charge is 0.325 e. The van der Waals surface area contributed by atoms with Crippen molar-refractivity contribution in [2.45, 2.75) is 51.1 Å². The molecule has 5 heteroatoms. The van der Waals surface area contributed by atoms with E-state index < -0.39 is 11.5 Å². The molecule has 122 valence electrons. The van der Waals surface area contributed by atoms with E-state index in [0.717, 1.165) is 45.3 Å². The van der Waals surface area contributed by atoms with Gasteiger partial charge < -0.3 is 20.2 Å². The van der Waals surface area contributed by atoms with Gasteiger partial charge in [-0.15, -0.1) is 0 Å². The summed E-state index contributed by atoms with van der Waals surface area (Å²) in [5, 5.41) is 13.1. The van der Waals surface area contributed by atoms with Gasteiger partial charge in [-0.25, -0.2) is 0 Å². The van der Waals surface area contributed by atoms with Crippen LogP contribution in [0.2, 0.25) is 0 Å². The van der Waals surface area contributed by atoms with Crippen LogP contribution in [0.4, 0.5) is 0 Å². The highest BCUT2D eigenvalue weighted by molar-refractivity contribution is 5.80. The maximum absolute atomic E-state index is 11.9. The van der Waals surface area contributed by atoms with Crippen molar-refractivity contribution in [2.24, 2.45) is 5.92 Å². The number of hydrogen-bond donors (Lipinski definition) is 2. The Balaban J connectivity index is 1.98. The van der Waals surface area contributed by atoms with Crippen molar-refractivity contribution in [3.63, 3.8) is 0 Å². The van der Waals surface area contributed by atoms with Gasteiger partial charge in [0.15, 0.2) is 0 Å². The first-order chi connectivity index (χ1) is 10.0. The van der Waals surface area contributed by atoms with Crippen molar-refractivity contribution >= 4 is 5.97 Å². The fourth-order valence-electron chi connectivity index (χ4n) is 3.74. The van der Waals surface area contributed by atoms with E-state index in [1.165, 1.54) is 0 Å². The van der Waals surface area contributed by atoms with E-state index in [1.54, 1.807) is 0 Å². The summed E-state index contributed by atoms with van der Waals surface area (Å²) in [6, 6.07) is 0.518. The lowest BCUT2D eigenvalue weighted by Gasteiger charge is -2.41. The lowest BCUT2D eigenvalue weighted by Crippen LogP contribution is -2.62. The van der Waals surface area contributed by atoms with Crippen LogP contribution >= 0.6 is 0 Å². The first-order valence-corrected chi connectivity index (χ1v) is 8.44. The molecule has 1 aliphatic carbocycles. The minimum atomic E-state index is -0.745. The fraction of sp³-hybridized carbons (Fsp3) is 0.938. The molecule has 0 spiro atoms. The third-order valence-electron chi connectivity index (χ3n) is 5.27. The van der Waals surface area contributed by atoms with E-state index in [9.17, 15) is 9.90 Å². The number of carboxylic acids is 1. The molecular weight excluding hydrogens is 266 g/mol. The highest BCUT2D eigenvalue weighted by Gasteiger charge is 2.51. The lowest BCUT2D eigenvalue weighted by molar-refractivity contribution is -0.147. The van der Waals surface area contributed by atoms with Gasteiger partial charge in [-0.2, -0.15) is 0 Å². The topological polar surface area (TPSA) is 55.8 Å². The Labute approximate surface area is 128 Å². The van der Waals surface area contributed by atoms with Gasteiger partial charge in [0.05, 0.1) is 0 Å². The predicted molar refractivity (Wildman–Crippen MR) is 84.5 cm³/mol. The van der Waals surface area contributed by atoms with Crippen molar-refractivity contribution in [1.82, 2.24) is 15.1 Å². The lowest BCUT2D eigenvalue weighted by atomic mass is 9.91. The van der Waals surface area contributed by atoms with E-state index in [-0.39, 0.29) is 0 Å². The number of hydrogen-bond acceptors (Lipinski definition) is 4. The Kier molecular flexibility index (Phi) is 5.63. The molecule has 2 N–H and O–H groups in total. The molecular formula is C16H31N3O2. The minimum absolute atomic E-state index is 0.299. The summed E-state index contributed by atoms with van der Waals surface area (Å²) in [6.07, 6.45) is 4.39. The maximum Gasteiger partial charge on any atom is 0.325 e. The third kappa shape index (κ3) is 3.76. The average Bonchev–Trinajstić information content (AvgIpc) is 3.31. The Hall–Kier alpha value is -0.650. The zero-order valence-corrected chi connectivity index (χ0v) is 13.8. The van der Waals surface area contributed by atoms with Crippen molar-refractivity contribution in [1.29, 1.82) is 0 Å². The van der Waals surface area contributed by atoms with Crippen LogP contribution < -0.4 is 5.32 Å². The summed E-state index contributed by atoms with van der Waals surface area (Å²) in [5.41, 5.74) is -0.745. The van der Waals surface area contributed by atoms with Crippen molar-refractivity contribution in [3.8, 4) is 0 Å². The first-order valence-electron chi connectivity index (χ1n) is 8.44. The summed E-state index contributed by atoms with van der Waals surface area (Å²) < 4.78 is 0. The van der Waals surface area contributed by atoms with E-state index in [0.29, 0.717) is 25.0 Å². The molecule has 1 saturated carbocycles. The number of rotatable bonds is 8. The summed E-state index contributed by atoms with van der Waals surface area (Å²) in [5.74, 6) is -0.377. The number of carbonyl (C=O) groups is 1. The molecule has 21 heavy (non-hydrogen) atoms. The Morgan fingerprint density at radius 1 is 1.29 bits per heavy atom. The second-order valence-electron chi connectivity index (χ2n) is 6.66. The molecule has 1 saturated heterocycles. The molecule has 0 aromatic rings. The standard InChI is InChI=1S/C16H31N3O2/c1-4-17-16(15(20)21,13-6-7-13)12-18(3)14-8-10-19(5-2)11-9-14/h13-14,17H,4-12H2,1-3H3,(H,20,21). The van der Waals surface area contributed by atoms with Crippen LogP contribution in [0.1, 0.15) is 39.5 Å². The zero-order chi connectivity index (χ0) is 15.5. The minimum Gasteiger partial charge on any atom is -0.480 e. The van der Waals surface area contributed by atoms with Gasteiger partial charge in [0, 0.05) is 12.6 Å². The molecule has 0 aromatic heterocycles. The summed E-state index contributed by atoms with van der Waals surface area (Å²) in [7, 11) is 2.10. The second-order valence-corrected chi connectivity index (χ2v) is 6.66. The second kappa shape index (κ2) is 7.07. The molecule has 0 radical (unpaired) electrons. The highest BCUT2D eigenvalue weighted by Crippen LogP contribution is 2.40. The predicted octanol–water partition coefficient (Wildman–Crippen LogP) is 1.25. The number of piperidine rings is 1. The van der Waals surface area contributed by atoms with Crippen molar-refractivity contribution in [2.75, 3.05) is 39.8 Å². The van der Waals surface area contributed by atoms with Crippen LogP contribution in [0.25, 0.3) is 0 Å². The molecule has 2 rings (SSSR count). The molecule has 5 nitrogen and oxygen atoms in total. The molecule has 0 amide bonds. The Bertz CT molecular complexity index is 351. The van der Waals surface area contributed by atoms with Gasteiger partial charge in [-0.3, -0.25) is 4.79 Å². The van der Waals surface area contributed by atoms with Gasteiger partial charge in [-0.05, 0) is 64.8 Å². The SMILES string of the molecule is CCNC(CN(C)C1CCN(CC)CC1)(C(=O)O)C1CC1. The molecule has 1 heterocycles. The monoisotopic (exact) mass is 297 g/mol. The summed E-state index contributed by atoms with van der Waals surface area (Å²) >= 11 is 0. The van der Waals surface area contributed by atoms with E-state index in [4.69, 9.17) is 0 Å². The average molecular weight is 297 g/mol. The number of nitrogens with zero attached hydrogens (tertiary/aromatic N) is 2.